The van der Waals surface area contributed by atoms with Crippen LogP contribution < -0.4 is 9.62 Å². The Morgan fingerprint density at radius 1 is 0.950 bits per heavy atom. The molecule has 0 heterocycles. The number of hydrogen-bond donors (Lipinski definition) is 1. The number of hydrogen-bond acceptors (Lipinski definition) is 4. The summed E-state index contributed by atoms with van der Waals surface area (Å²) in [6, 6.07) is 20.5. The van der Waals surface area contributed by atoms with Crippen molar-refractivity contribution in [2.24, 2.45) is 0 Å². The fourth-order valence-corrected chi connectivity index (χ4v) is 6.81. The highest BCUT2D eigenvalue weighted by molar-refractivity contribution is 9.10. The van der Waals surface area contributed by atoms with E-state index in [1.807, 2.05) is 44.2 Å². The Balaban J connectivity index is 1.69. The summed E-state index contributed by atoms with van der Waals surface area (Å²) in [5, 5.41) is 3.09. The summed E-state index contributed by atoms with van der Waals surface area (Å²) in [4.78, 5) is 28.9. The molecule has 212 valence electrons. The molecule has 0 saturated heterocycles. The molecule has 2 amide bonds. The first-order valence-electron chi connectivity index (χ1n) is 13.5. The highest BCUT2D eigenvalue weighted by atomic mass is 79.9. The van der Waals surface area contributed by atoms with Crippen molar-refractivity contribution in [1.82, 2.24) is 10.2 Å². The molecule has 1 aliphatic rings. The van der Waals surface area contributed by atoms with E-state index in [0.717, 1.165) is 51.2 Å². The van der Waals surface area contributed by atoms with Gasteiger partial charge < -0.3 is 10.2 Å². The van der Waals surface area contributed by atoms with Crippen molar-refractivity contribution in [3.63, 3.8) is 0 Å². The summed E-state index contributed by atoms with van der Waals surface area (Å²) >= 11 is 3.48. The lowest BCUT2D eigenvalue weighted by atomic mass is 10.1. The smallest absolute Gasteiger partial charge is 0.264 e. The molecular weight excluding hydrogens is 590 g/mol. The van der Waals surface area contributed by atoms with Crippen LogP contribution >= 0.6 is 15.9 Å². The van der Waals surface area contributed by atoms with E-state index in [1.165, 1.54) is 4.90 Å². The summed E-state index contributed by atoms with van der Waals surface area (Å²) < 4.78 is 29.8. The number of carbonyl (C=O) groups excluding carboxylic acids is 2. The third kappa shape index (κ3) is 7.31. The van der Waals surface area contributed by atoms with Crippen LogP contribution in [0.2, 0.25) is 0 Å². The second kappa shape index (κ2) is 13.0. The van der Waals surface area contributed by atoms with E-state index in [-0.39, 0.29) is 23.4 Å². The van der Waals surface area contributed by atoms with Crippen LogP contribution in [0.1, 0.15) is 49.3 Å². The second-order valence-electron chi connectivity index (χ2n) is 10.5. The van der Waals surface area contributed by atoms with E-state index in [2.05, 4.69) is 21.2 Å². The van der Waals surface area contributed by atoms with Gasteiger partial charge in [0, 0.05) is 17.1 Å². The number of carbonyl (C=O) groups is 2. The molecule has 0 aliphatic heterocycles. The lowest BCUT2D eigenvalue weighted by Gasteiger charge is -2.32. The molecule has 0 spiro atoms. The van der Waals surface area contributed by atoms with Gasteiger partial charge >= 0.3 is 0 Å². The molecule has 0 bridgehead atoms. The molecule has 7 nitrogen and oxygen atoms in total. The van der Waals surface area contributed by atoms with Gasteiger partial charge in [0.25, 0.3) is 10.0 Å². The zero-order valence-electron chi connectivity index (χ0n) is 23.1. The largest absolute Gasteiger partial charge is 0.352 e. The van der Waals surface area contributed by atoms with Gasteiger partial charge in [-0.25, -0.2) is 8.42 Å². The summed E-state index contributed by atoms with van der Waals surface area (Å²) in [7, 11) is -4.08. The fourth-order valence-electron chi connectivity index (χ4n) is 4.96. The molecule has 1 atom stereocenters. The number of nitrogens with zero attached hydrogens (tertiary/aromatic N) is 2. The van der Waals surface area contributed by atoms with Gasteiger partial charge in [0.15, 0.2) is 0 Å². The van der Waals surface area contributed by atoms with Gasteiger partial charge in [-0.3, -0.25) is 13.9 Å². The van der Waals surface area contributed by atoms with Crippen LogP contribution in [0.15, 0.2) is 82.2 Å². The number of amides is 2. The zero-order valence-corrected chi connectivity index (χ0v) is 25.5. The quantitative estimate of drug-likeness (QED) is 0.311. The van der Waals surface area contributed by atoms with Crippen LogP contribution in [0.4, 0.5) is 5.69 Å². The molecular formula is C31H36BrN3O4S. The normalized spacial score (nSPS) is 14.5. The molecule has 3 aromatic carbocycles. The summed E-state index contributed by atoms with van der Waals surface area (Å²) in [6.45, 7) is 5.16. The Kier molecular flexibility index (Phi) is 9.68. The molecule has 9 heteroatoms. The van der Waals surface area contributed by atoms with E-state index in [4.69, 9.17) is 0 Å². The van der Waals surface area contributed by atoms with Gasteiger partial charge in [-0.05, 0) is 81.1 Å². The Morgan fingerprint density at radius 3 is 2.27 bits per heavy atom. The van der Waals surface area contributed by atoms with Crippen LogP contribution in [-0.2, 0) is 26.2 Å². The number of nitrogens with one attached hydrogen (secondary N) is 1. The third-order valence-electron chi connectivity index (χ3n) is 7.29. The average Bonchev–Trinajstić information content (AvgIpc) is 3.43. The topological polar surface area (TPSA) is 86.8 Å². The summed E-state index contributed by atoms with van der Waals surface area (Å²) in [5.41, 5.74) is 3.01. The van der Waals surface area contributed by atoms with Crippen LogP contribution in [0, 0.1) is 13.8 Å². The predicted molar refractivity (Wildman–Crippen MR) is 161 cm³/mol. The summed E-state index contributed by atoms with van der Waals surface area (Å²) in [5.74, 6) is -0.704. The molecule has 1 aliphatic carbocycles. The first-order chi connectivity index (χ1) is 19.0. The number of sulfonamides is 1. The van der Waals surface area contributed by atoms with Crippen molar-refractivity contribution in [2.45, 2.75) is 70.0 Å². The number of rotatable bonds is 10. The van der Waals surface area contributed by atoms with E-state index in [9.17, 15) is 18.0 Å². The van der Waals surface area contributed by atoms with Gasteiger partial charge in [-0.1, -0.05) is 70.7 Å². The lowest BCUT2D eigenvalue weighted by Crippen LogP contribution is -2.52. The Morgan fingerprint density at radius 2 is 1.62 bits per heavy atom. The average molecular weight is 627 g/mol. The third-order valence-corrected chi connectivity index (χ3v) is 9.57. The Bertz CT molecular complexity index is 1450. The van der Waals surface area contributed by atoms with E-state index >= 15 is 0 Å². The standard InChI is InChI=1S/C31H36BrN3O4S/c1-22-14-16-29(17-15-22)40(38,39)35(28-13-6-8-23(2)18-28)21-30(36)34(20-25-9-7-10-26(32)19-25)24(3)31(37)33-27-11-4-5-12-27/h6-10,13-19,24,27H,4-5,11-12,20-21H2,1-3H3,(H,33,37). The minimum absolute atomic E-state index is 0.0953. The van der Waals surface area contributed by atoms with Crippen molar-refractivity contribution in [3.8, 4) is 0 Å². The van der Waals surface area contributed by atoms with Crippen LogP contribution in [0.3, 0.4) is 0 Å². The van der Waals surface area contributed by atoms with Crippen molar-refractivity contribution < 1.29 is 18.0 Å². The fraction of sp³-hybridized carbons (Fsp3) is 0.355. The molecule has 4 rings (SSSR count). The molecule has 1 fully saturated rings. The SMILES string of the molecule is Cc1ccc(S(=O)(=O)N(CC(=O)N(Cc2cccc(Br)c2)C(C)C(=O)NC2CCCC2)c2cccc(C)c2)cc1. The molecule has 1 unspecified atom stereocenters. The summed E-state index contributed by atoms with van der Waals surface area (Å²) in [6.07, 6.45) is 3.99. The molecule has 0 radical (unpaired) electrons. The predicted octanol–water partition coefficient (Wildman–Crippen LogP) is 5.74. The lowest BCUT2D eigenvalue weighted by molar-refractivity contribution is -0.139. The molecule has 1 N–H and O–H groups in total. The van der Waals surface area contributed by atoms with Crippen LogP contribution in [0.25, 0.3) is 0 Å². The molecule has 40 heavy (non-hydrogen) atoms. The van der Waals surface area contributed by atoms with E-state index < -0.39 is 28.5 Å². The van der Waals surface area contributed by atoms with Crippen molar-refractivity contribution >= 4 is 43.5 Å². The maximum atomic E-state index is 14.0. The maximum absolute atomic E-state index is 14.0. The van der Waals surface area contributed by atoms with Crippen molar-refractivity contribution in [1.29, 1.82) is 0 Å². The highest BCUT2D eigenvalue weighted by Gasteiger charge is 2.33. The molecule has 1 saturated carbocycles. The Labute approximate surface area is 245 Å². The van der Waals surface area contributed by atoms with Crippen LogP contribution in [-0.4, -0.2) is 43.8 Å². The van der Waals surface area contributed by atoms with Crippen molar-refractivity contribution in [2.75, 3.05) is 10.8 Å². The van der Waals surface area contributed by atoms with Gasteiger partial charge in [-0.2, -0.15) is 0 Å². The van der Waals surface area contributed by atoms with E-state index in [0.29, 0.717) is 5.69 Å². The van der Waals surface area contributed by atoms with Gasteiger partial charge in [0.1, 0.15) is 12.6 Å². The number of halogens is 1. The zero-order chi connectivity index (χ0) is 28.9. The minimum atomic E-state index is -4.08. The van der Waals surface area contributed by atoms with E-state index in [1.54, 1.807) is 49.4 Å². The first kappa shape index (κ1) is 29.8. The Hall–Kier alpha value is -3.17. The molecule has 0 aromatic heterocycles. The van der Waals surface area contributed by atoms with Gasteiger partial charge in [0.05, 0.1) is 10.6 Å². The van der Waals surface area contributed by atoms with Gasteiger partial charge in [-0.15, -0.1) is 0 Å². The van der Waals surface area contributed by atoms with Crippen LogP contribution in [0.5, 0.6) is 0 Å². The second-order valence-corrected chi connectivity index (χ2v) is 13.3. The molecule has 3 aromatic rings. The first-order valence-corrected chi connectivity index (χ1v) is 15.8. The maximum Gasteiger partial charge on any atom is 0.264 e. The monoisotopic (exact) mass is 625 g/mol. The van der Waals surface area contributed by atoms with Gasteiger partial charge in [0.2, 0.25) is 11.8 Å². The highest BCUT2D eigenvalue weighted by Crippen LogP contribution is 2.26. The minimum Gasteiger partial charge on any atom is -0.352 e. The number of aryl methyl sites for hydroxylation is 2. The van der Waals surface area contributed by atoms with Crippen molar-refractivity contribution in [3.05, 3.63) is 94.0 Å². The number of benzene rings is 3. The number of anilines is 1.